The predicted molar refractivity (Wildman–Crippen MR) is 112 cm³/mol. The van der Waals surface area contributed by atoms with Gasteiger partial charge >= 0.3 is 0 Å². The molecule has 3 aromatic rings. The van der Waals surface area contributed by atoms with E-state index in [1.165, 1.54) is 23.1 Å². The third-order valence-corrected chi connectivity index (χ3v) is 5.41. The summed E-state index contributed by atoms with van der Waals surface area (Å²) in [5, 5.41) is 19.9. The molecule has 154 valence electrons. The molecule has 1 N–H and O–H groups in total. The van der Waals surface area contributed by atoms with E-state index in [1.807, 2.05) is 49.6 Å². The number of carbonyl (C=O) groups is 1. The fraction of sp³-hybridized carbons (Fsp3) is 0.389. The summed E-state index contributed by atoms with van der Waals surface area (Å²) in [6, 6.07) is 7.51. The number of benzene rings is 1. The summed E-state index contributed by atoms with van der Waals surface area (Å²) in [5.74, 6) is 2.11. The normalized spacial score (nSPS) is 12.0. The quantitative estimate of drug-likeness (QED) is 0.510. The third kappa shape index (κ3) is 5.45. The van der Waals surface area contributed by atoms with Crippen LogP contribution in [0.2, 0.25) is 0 Å². The van der Waals surface area contributed by atoms with Crippen molar-refractivity contribution < 1.29 is 14.3 Å². The lowest BCUT2D eigenvalue weighted by molar-refractivity contribution is -0.113. The number of aromatic nitrogens is 5. The molecule has 0 radical (unpaired) electrons. The molecule has 1 atom stereocenters. The second kappa shape index (κ2) is 9.70. The summed E-state index contributed by atoms with van der Waals surface area (Å²) in [6.07, 6.45) is -0.332. The molecule has 11 heteroatoms. The smallest absolute Gasteiger partial charge is 0.236 e. The van der Waals surface area contributed by atoms with Crippen molar-refractivity contribution in [3.05, 3.63) is 35.6 Å². The highest BCUT2D eigenvalue weighted by atomic mass is 32.2. The van der Waals surface area contributed by atoms with Crippen molar-refractivity contribution in [2.75, 3.05) is 18.2 Å². The minimum atomic E-state index is -0.332. The van der Waals surface area contributed by atoms with E-state index in [9.17, 15) is 4.79 Å². The molecule has 0 spiro atoms. The van der Waals surface area contributed by atoms with Gasteiger partial charge in [-0.3, -0.25) is 10.1 Å². The van der Waals surface area contributed by atoms with E-state index in [1.54, 1.807) is 12.6 Å². The summed E-state index contributed by atoms with van der Waals surface area (Å²) >= 11 is 2.58. The Balaban J connectivity index is 1.69. The van der Waals surface area contributed by atoms with E-state index in [-0.39, 0.29) is 23.8 Å². The van der Waals surface area contributed by atoms with Gasteiger partial charge in [-0.1, -0.05) is 29.2 Å². The van der Waals surface area contributed by atoms with Crippen molar-refractivity contribution >= 4 is 34.1 Å². The number of thioether (sulfide) groups is 1. The molecule has 3 rings (SSSR count). The fourth-order valence-electron chi connectivity index (χ4n) is 2.59. The first-order chi connectivity index (χ1) is 14.0. The van der Waals surface area contributed by atoms with Gasteiger partial charge in [-0.25, -0.2) is 0 Å². The Morgan fingerprint density at radius 2 is 2.03 bits per heavy atom. The van der Waals surface area contributed by atoms with Crippen LogP contribution in [0.4, 0.5) is 5.13 Å². The average Bonchev–Trinajstić information content (AvgIpc) is 3.36. The first-order valence-electron chi connectivity index (χ1n) is 8.92. The Morgan fingerprint density at radius 1 is 1.24 bits per heavy atom. The highest BCUT2D eigenvalue weighted by molar-refractivity contribution is 7.99. The van der Waals surface area contributed by atoms with Gasteiger partial charge in [0.05, 0.1) is 12.9 Å². The van der Waals surface area contributed by atoms with Gasteiger partial charge in [-0.15, -0.1) is 20.4 Å². The van der Waals surface area contributed by atoms with E-state index in [4.69, 9.17) is 9.47 Å². The number of rotatable bonds is 9. The zero-order chi connectivity index (χ0) is 20.8. The standard InChI is InChI=1S/C18H22N6O3S2/c1-11(2)24-16(12(3)27-14-7-5-6-13(8-14)26-4)21-23-18(24)28-9-15(25)20-17-22-19-10-29-17/h5-8,10-12H,9H2,1-4H3,(H,20,22,25). The van der Waals surface area contributed by atoms with Crippen LogP contribution in [0.3, 0.4) is 0 Å². The minimum absolute atomic E-state index is 0.102. The summed E-state index contributed by atoms with van der Waals surface area (Å²) in [7, 11) is 1.61. The highest BCUT2D eigenvalue weighted by Crippen LogP contribution is 2.29. The van der Waals surface area contributed by atoms with Crippen LogP contribution in [0.15, 0.2) is 34.9 Å². The topological polar surface area (TPSA) is 104 Å². The molecule has 2 aromatic heterocycles. The number of carbonyl (C=O) groups excluding carboxylic acids is 1. The van der Waals surface area contributed by atoms with Crippen LogP contribution in [0.25, 0.3) is 0 Å². The maximum atomic E-state index is 12.1. The predicted octanol–water partition coefficient (Wildman–Crippen LogP) is 3.59. The highest BCUT2D eigenvalue weighted by Gasteiger charge is 2.22. The Bertz CT molecular complexity index is 945. The van der Waals surface area contributed by atoms with Gasteiger partial charge in [0.25, 0.3) is 0 Å². The largest absolute Gasteiger partial charge is 0.497 e. The lowest BCUT2D eigenvalue weighted by Gasteiger charge is -2.19. The molecule has 0 bridgehead atoms. The summed E-state index contributed by atoms with van der Waals surface area (Å²) in [5.41, 5.74) is 1.56. The van der Waals surface area contributed by atoms with Crippen LogP contribution < -0.4 is 14.8 Å². The molecular formula is C18H22N6O3S2. The minimum Gasteiger partial charge on any atom is -0.497 e. The van der Waals surface area contributed by atoms with Gasteiger partial charge in [0.2, 0.25) is 11.0 Å². The molecular weight excluding hydrogens is 412 g/mol. The molecule has 0 aliphatic heterocycles. The van der Waals surface area contributed by atoms with Crippen molar-refractivity contribution in [2.45, 2.75) is 38.1 Å². The van der Waals surface area contributed by atoms with E-state index < -0.39 is 0 Å². The van der Waals surface area contributed by atoms with Gasteiger partial charge in [0.1, 0.15) is 17.0 Å². The first-order valence-corrected chi connectivity index (χ1v) is 10.8. The van der Waals surface area contributed by atoms with Gasteiger partial charge in [0, 0.05) is 12.1 Å². The van der Waals surface area contributed by atoms with Crippen molar-refractivity contribution in [2.24, 2.45) is 0 Å². The Labute approximate surface area is 176 Å². The van der Waals surface area contributed by atoms with Gasteiger partial charge in [-0.2, -0.15) is 0 Å². The third-order valence-electron chi connectivity index (χ3n) is 3.86. The number of ether oxygens (including phenoxy) is 2. The van der Waals surface area contributed by atoms with Crippen LogP contribution in [-0.2, 0) is 4.79 Å². The number of amides is 1. The number of methoxy groups -OCH3 is 1. The monoisotopic (exact) mass is 434 g/mol. The molecule has 1 aromatic carbocycles. The fourth-order valence-corrected chi connectivity index (χ4v) is 3.93. The molecule has 29 heavy (non-hydrogen) atoms. The van der Waals surface area contributed by atoms with Crippen molar-refractivity contribution in [1.29, 1.82) is 0 Å². The number of anilines is 1. The SMILES string of the molecule is COc1cccc(OC(C)c2nnc(SCC(=O)Nc3nncs3)n2C(C)C)c1. The molecule has 1 amide bonds. The summed E-state index contributed by atoms with van der Waals surface area (Å²) < 4.78 is 13.3. The molecule has 9 nitrogen and oxygen atoms in total. The van der Waals surface area contributed by atoms with Crippen molar-refractivity contribution in [3.63, 3.8) is 0 Å². The lowest BCUT2D eigenvalue weighted by Crippen LogP contribution is -2.16. The van der Waals surface area contributed by atoms with Crippen LogP contribution in [0, 0.1) is 0 Å². The number of nitrogens with zero attached hydrogens (tertiary/aromatic N) is 5. The molecule has 0 fully saturated rings. The average molecular weight is 435 g/mol. The lowest BCUT2D eigenvalue weighted by atomic mass is 10.3. The van der Waals surface area contributed by atoms with Gasteiger partial charge in [0.15, 0.2) is 17.1 Å². The molecule has 0 saturated heterocycles. The molecule has 0 aliphatic carbocycles. The summed E-state index contributed by atoms with van der Waals surface area (Å²) in [4.78, 5) is 12.1. The van der Waals surface area contributed by atoms with Crippen molar-refractivity contribution in [3.8, 4) is 11.5 Å². The second-order valence-corrected chi connectivity index (χ2v) is 8.10. The Morgan fingerprint density at radius 3 is 2.72 bits per heavy atom. The van der Waals surface area contributed by atoms with Crippen LogP contribution in [0.5, 0.6) is 11.5 Å². The van der Waals surface area contributed by atoms with Crippen molar-refractivity contribution in [1.82, 2.24) is 25.0 Å². The van der Waals surface area contributed by atoms with Gasteiger partial charge < -0.3 is 14.0 Å². The molecule has 0 saturated carbocycles. The zero-order valence-electron chi connectivity index (χ0n) is 16.5. The number of hydrogen-bond acceptors (Lipinski definition) is 9. The maximum Gasteiger partial charge on any atom is 0.236 e. The molecule has 1 unspecified atom stereocenters. The number of nitrogens with one attached hydrogen (secondary N) is 1. The molecule has 2 heterocycles. The van der Waals surface area contributed by atoms with Gasteiger partial charge in [-0.05, 0) is 32.9 Å². The van der Waals surface area contributed by atoms with E-state index in [0.717, 1.165) is 5.75 Å². The number of hydrogen-bond donors (Lipinski definition) is 1. The second-order valence-electron chi connectivity index (χ2n) is 6.32. The Kier molecular flexibility index (Phi) is 7.04. The first kappa shape index (κ1) is 21.1. The van der Waals surface area contributed by atoms with E-state index in [2.05, 4.69) is 25.7 Å². The zero-order valence-corrected chi connectivity index (χ0v) is 18.2. The van der Waals surface area contributed by atoms with E-state index >= 15 is 0 Å². The van der Waals surface area contributed by atoms with Crippen LogP contribution in [-0.4, -0.2) is 43.7 Å². The maximum absolute atomic E-state index is 12.1. The Hall–Kier alpha value is -2.66. The van der Waals surface area contributed by atoms with Crippen LogP contribution >= 0.6 is 23.1 Å². The van der Waals surface area contributed by atoms with E-state index in [0.29, 0.717) is 21.9 Å². The summed E-state index contributed by atoms with van der Waals surface area (Å²) in [6.45, 7) is 5.99. The molecule has 0 aliphatic rings. The van der Waals surface area contributed by atoms with Crippen LogP contribution in [0.1, 0.15) is 38.7 Å².